The first-order valence-corrected chi connectivity index (χ1v) is 14.0. The molecule has 1 aliphatic carbocycles. The van der Waals surface area contributed by atoms with Crippen LogP contribution in [0.25, 0.3) is 0 Å². The maximum atomic E-state index is 13.6. The first kappa shape index (κ1) is 23.8. The topological polar surface area (TPSA) is 76.2 Å². The van der Waals surface area contributed by atoms with E-state index in [9.17, 15) is 13.2 Å². The van der Waals surface area contributed by atoms with E-state index >= 15 is 0 Å². The van der Waals surface area contributed by atoms with Crippen LogP contribution < -0.4 is 9.47 Å². The van der Waals surface area contributed by atoms with Gasteiger partial charge in [0.05, 0.1) is 24.6 Å². The third-order valence-corrected chi connectivity index (χ3v) is 9.39. The van der Waals surface area contributed by atoms with Crippen molar-refractivity contribution in [2.45, 2.75) is 36.2 Å². The molecular formula is C26H28N2O5S2. The predicted molar refractivity (Wildman–Crippen MR) is 134 cm³/mol. The summed E-state index contributed by atoms with van der Waals surface area (Å²) >= 11 is 1.69. The van der Waals surface area contributed by atoms with Gasteiger partial charge in [-0.3, -0.25) is 4.79 Å². The van der Waals surface area contributed by atoms with Crippen LogP contribution in [0.4, 0.5) is 0 Å². The number of rotatable bonds is 9. The number of amides is 1. The summed E-state index contributed by atoms with van der Waals surface area (Å²) in [5, 5.41) is 2.04. The Morgan fingerprint density at radius 3 is 2.49 bits per heavy atom. The number of carbonyl (C=O) groups excluding carboxylic acids is 1. The van der Waals surface area contributed by atoms with Crippen molar-refractivity contribution in [1.29, 1.82) is 0 Å². The van der Waals surface area contributed by atoms with Crippen molar-refractivity contribution in [2.75, 3.05) is 26.8 Å². The van der Waals surface area contributed by atoms with E-state index in [0.29, 0.717) is 18.9 Å². The molecule has 9 heteroatoms. The fourth-order valence-electron chi connectivity index (χ4n) is 4.45. The van der Waals surface area contributed by atoms with E-state index in [0.717, 1.165) is 30.6 Å². The number of ether oxygens (including phenoxy) is 2. The maximum absolute atomic E-state index is 13.6. The van der Waals surface area contributed by atoms with Gasteiger partial charge in [-0.05, 0) is 72.7 Å². The van der Waals surface area contributed by atoms with Crippen LogP contribution >= 0.6 is 11.3 Å². The van der Waals surface area contributed by atoms with Crippen LogP contribution in [0.3, 0.4) is 0 Å². The van der Waals surface area contributed by atoms with Crippen LogP contribution in [-0.2, 0) is 21.2 Å². The Hall–Kier alpha value is -2.88. The number of sulfonamides is 1. The number of benzene rings is 2. The third kappa shape index (κ3) is 5.07. The molecule has 1 fully saturated rings. The van der Waals surface area contributed by atoms with Gasteiger partial charge < -0.3 is 14.4 Å². The smallest absolute Gasteiger partial charge is 0.243 e. The summed E-state index contributed by atoms with van der Waals surface area (Å²) in [5.74, 6) is 1.12. The Labute approximate surface area is 209 Å². The lowest BCUT2D eigenvalue weighted by molar-refractivity contribution is -0.135. The van der Waals surface area contributed by atoms with Crippen LogP contribution in [0, 0.1) is 0 Å². The molecule has 2 aromatic carbocycles. The average Bonchev–Trinajstić information content (AvgIpc) is 3.61. The summed E-state index contributed by atoms with van der Waals surface area (Å²) < 4.78 is 39.5. The number of carbonyl (C=O) groups is 1. The zero-order valence-corrected chi connectivity index (χ0v) is 21.1. The summed E-state index contributed by atoms with van der Waals surface area (Å²) in [6.45, 7) is 0.671. The van der Waals surface area contributed by atoms with E-state index in [1.807, 2.05) is 41.8 Å². The first-order chi connectivity index (χ1) is 17.0. The van der Waals surface area contributed by atoms with Gasteiger partial charge in [0.2, 0.25) is 15.9 Å². The minimum Gasteiger partial charge on any atom is -0.497 e. The van der Waals surface area contributed by atoms with Crippen LogP contribution in [0.15, 0.2) is 70.9 Å². The second kappa shape index (κ2) is 10.0. The zero-order valence-electron chi connectivity index (χ0n) is 19.5. The monoisotopic (exact) mass is 512 g/mol. The highest BCUT2D eigenvalue weighted by atomic mass is 32.2. The van der Waals surface area contributed by atoms with E-state index in [2.05, 4.69) is 0 Å². The maximum Gasteiger partial charge on any atom is 0.243 e. The molecule has 5 rings (SSSR count). The second-order valence-corrected chi connectivity index (χ2v) is 11.6. The van der Waals surface area contributed by atoms with E-state index in [1.165, 1.54) is 28.4 Å². The molecule has 0 N–H and O–H groups in total. The SMILES string of the molecule is COc1ccc(S(=O)(=O)N(CC(=O)N2CCc3sccc3C2COc2ccccc2)C2CC2)cc1. The number of hydrogen-bond acceptors (Lipinski definition) is 6. The molecule has 0 spiro atoms. The van der Waals surface area contributed by atoms with Crippen molar-refractivity contribution in [3.8, 4) is 11.5 Å². The lowest BCUT2D eigenvalue weighted by Gasteiger charge is -2.37. The van der Waals surface area contributed by atoms with E-state index in [-0.39, 0.29) is 29.4 Å². The number of hydrogen-bond donors (Lipinski definition) is 0. The number of fused-ring (bicyclic) bond motifs is 1. The molecule has 2 aliphatic rings. The van der Waals surface area contributed by atoms with Gasteiger partial charge in [-0.15, -0.1) is 11.3 Å². The van der Waals surface area contributed by atoms with E-state index in [4.69, 9.17) is 9.47 Å². The van der Waals surface area contributed by atoms with Gasteiger partial charge in [0.1, 0.15) is 18.1 Å². The van der Waals surface area contributed by atoms with Crippen molar-refractivity contribution >= 4 is 27.3 Å². The molecule has 35 heavy (non-hydrogen) atoms. The summed E-state index contributed by atoms with van der Waals surface area (Å²) in [6.07, 6.45) is 2.28. The molecular weight excluding hydrogens is 484 g/mol. The molecule has 1 aromatic heterocycles. The molecule has 1 unspecified atom stereocenters. The highest BCUT2D eigenvalue weighted by Gasteiger charge is 2.41. The van der Waals surface area contributed by atoms with Gasteiger partial charge in [-0.25, -0.2) is 8.42 Å². The fraction of sp³-hybridized carbons (Fsp3) is 0.346. The number of thiophene rings is 1. The summed E-state index contributed by atoms with van der Waals surface area (Å²) in [5.41, 5.74) is 1.08. The lowest BCUT2D eigenvalue weighted by atomic mass is 10.0. The Kier molecular flexibility index (Phi) is 6.82. The van der Waals surface area contributed by atoms with E-state index < -0.39 is 10.0 Å². The predicted octanol–water partition coefficient (Wildman–Crippen LogP) is 4.11. The molecule has 1 amide bonds. The van der Waals surface area contributed by atoms with Crippen LogP contribution in [-0.4, -0.2) is 56.4 Å². The summed E-state index contributed by atoms with van der Waals surface area (Å²) in [7, 11) is -2.28. The van der Waals surface area contributed by atoms with Crippen molar-refractivity contribution in [3.63, 3.8) is 0 Å². The molecule has 3 aromatic rings. The van der Waals surface area contributed by atoms with Crippen LogP contribution in [0.1, 0.15) is 29.3 Å². The fourth-order valence-corrected chi connectivity index (χ4v) is 7.01. The molecule has 0 bridgehead atoms. The average molecular weight is 513 g/mol. The highest BCUT2D eigenvalue weighted by molar-refractivity contribution is 7.89. The Balaban J connectivity index is 1.37. The minimum absolute atomic E-state index is 0.147. The minimum atomic E-state index is -3.82. The number of nitrogens with zero attached hydrogens (tertiary/aromatic N) is 2. The molecule has 184 valence electrons. The number of methoxy groups -OCH3 is 1. The molecule has 0 radical (unpaired) electrons. The Bertz CT molecular complexity index is 1270. The standard InChI is InChI=1S/C26H28N2O5S2/c1-32-20-9-11-22(12-10-20)35(30,31)28(19-7-8-19)17-26(29)27-15-13-25-23(14-16-34-25)24(27)18-33-21-5-3-2-4-6-21/h2-6,9-12,14,16,19,24H,7-8,13,15,17-18H2,1H3. The van der Waals surface area contributed by atoms with Gasteiger partial charge in [0.15, 0.2) is 0 Å². The Morgan fingerprint density at radius 2 is 1.80 bits per heavy atom. The van der Waals surface area contributed by atoms with Gasteiger partial charge in [-0.2, -0.15) is 4.31 Å². The summed E-state index contributed by atoms with van der Waals surface area (Å²) in [4.78, 5) is 16.8. The van der Waals surface area contributed by atoms with Gasteiger partial charge >= 0.3 is 0 Å². The van der Waals surface area contributed by atoms with Gasteiger partial charge in [0.25, 0.3) is 0 Å². The largest absolute Gasteiger partial charge is 0.497 e. The molecule has 1 atom stereocenters. The quantitative estimate of drug-likeness (QED) is 0.431. The number of para-hydroxylation sites is 1. The van der Waals surface area contributed by atoms with Crippen molar-refractivity contribution in [2.24, 2.45) is 0 Å². The van der Waals surface area contributed by atoms with Crippen molar-refractivity contribution in [3.05, 3.63) is 76.5 Å². The van der Waals surface area contributed by atoms with Gasteiger partial charge in [-0.1, -0.05) is 18.2 Å². The molecule has 0 saturated heterocycles. The van der Waals surface area contributed by atoms with Crippen molar-refractivity contribution in [1.82, 2.24) is 9.21 Å². The molecule has 1 saturated carbocycles. The normalized spacial score (nSPS) is 17.8. The van der Waals surface area contributed by atoms with Crippen molar-refractivity contribution < 1.29 is 22.7 Å². The molecule has 1 aliphatic heterocycles. The zero-order chi connectivity index (χ0) is 24.4. The second-order valence-electron chi connectivity index (χ2n) is 8.73. The van der Waals surface area contributed by atoms with Crippen LogP contribution in [0.2, 0.25) is 0 Å². The lowest BCUT2D eigenvalue weighted by Crippen LogP contribution is -2.48. The van der Waals surface area contributed by atoms with Crippen LogP contribution in [0.5, 0.6) is 11.5 Å². The summed E-state index contributed by atoms with van der Waals surface area (Å²) in [6, 6.07) is 17.5. The highest BCUT2D eigenvalue weighted by Crippen LogP contribution is 2.36. The third-order valence-electron chi connectivity index (χ3n) is 6.48. The Morgan fingerprint density at radius 1 is 1.06 bits per heavy atom. The molecule has 2 heterocycles. The van der Waals surface area contributed by atoms with Gasteiger partial charge in [0, 0.05) is 17.5 Å². The molecule has 7 nitrogen and oxygen atoms in total. The van der Waals surface area contributed by atoms with E-state index in [1.54, 1.807) is 28.4 Å². The first-order valence-electron chi connectivity index (χ1n) is 11.7.